The molecule has 0 aromatic heterocycles. The monoisotopic (exact) mass is 487 g/mol. The molecule has 6 heteroatoms. The molecule has 3 aromatic carbocycles. The van der Waals surface area contributed by atoms with E-state index in [1.54, 1.807) is 38.5 Å². The van der Waals surface area contributed by atoms with E-state index in [2.05, 4.69) is 17.4 Å². The molecule has 3 aromatic rings. The number of nitrogens with one attached hydrogen (secondary N) is 1. The largest absolute Gasteiger partial charge is 0.493 e. The SMILES string of the molecule is COc1ccc(C=CC(=O)Nc2cc(CCc3ccccc3)ccc2C(=O)OC(C)(C)C)cc1OC. The molecule has 0 aliphatic heterocycles. The summed E-state index contributed by atoms with van der Waals surface area (Å²) >= 11 is 0. The average molecular weight is 488 g/mol. The number of amides is 1. The predicted octanol–water partition coefficient (Wildman–Crippen LogP) is 6.10. The van der Waals surface area contributed by atoms with Crippen LogP contribution in [0.5, 0.6) is 11.5 Å². The van der Waals surface area contributed by atoms with Crippen molar-refractivity contribution in [3.8, 4) is 11.5 Å². The normalized spacial score (nSPS) is 11.2. The third-order valence-electron chi connectivity index (χ3n) is 5.34. The molecule has 0 aliphatic rings. The van der Waals surface area contributed by atoms with Crippen LogP contribution in [0.3, 0.4) is 0 Å². The number of benzene rings is 3. The van der Waals surface area contributed by atoms with E-state index in [1.807, 2.05) is 57.2 Å². The second-order valence-electron chi connectivity index (χ2n) is 9.30. The van der Waals surface area contributed by atoms with Crippen molar-refractivity contribution < 1.29 is 23.8 Å². The van der Waals surface area contributed by atoms with Crippen molar-refractivity contribution in [2.75, 3.05) is 19.5 Å². The number of aryl methyl sites for hydroxylation is 2. The van der Waals surface area contributed by atoms with Gasteiger partial charge in [-0.1, -0.05) is 42.5 Å². The highest BCUT2D eigenvalue weighted by atomic mass is 16.6. The summed E-state index contributed by atoms with van der Waals surface area (Å²) in [7, 11) is 3.12. The second kappa shape index (κ2) is 12.1. The highest BCUT2D eigenvalue weighted by Crippen LogP contribution is 2.28. The summed E-state index contributed by atoms with van der Waals surface area (Å²) < 4.78 is 16.1. The average Bonchev–Trinajstić information content (AvgIpc) is 2.85. The van der Waals surface area contributed by atoms with Gasteiger partial charge < -0.3 is 19.5 Å². The van der Waals surface area contributed by atoms with E-state index >= 15 is 0 Å². The van der Waals surface area contributed by atoms with E-state index in [-0.39, 0.29) is 5.91 Å². The van der Waals surface area contributed by atoms with Gasteiger partial charge in [0.2, 0.25) is 5.91 Å². The molecule has 3 rings (SSSR count). The van der Waals surface area contributed by atoms with Crippen molar-refractivity contribution >= 4 is 23.6 Å². The maximum Gasteiger partial charge on any atom is 0.340 e. The van der Waals surface area contributed by atoms with Gasteiger partial charge in [0, 0.05) is 6.08 Å². The maximum absolute atomic E-state index is 12.8. The number of hydrogen-bond acceptors (Lipinski definition) is 5. The van der Waals surface area contributed by atoms with Crippen LogP contribution >= 0.6 is 0 Å². The number of rotatable bonds is 9. The quantitative estimate of drug-likeness (QED) is 0.292. The van der Waals surface area contributed by atoms with Crippen LogP contribution in [0, 0.1) is 0 Å². The topological polar surface area (TPSA) is 73.9 Å². The smallest absolute Gasteiger partial charge is 0.340 e. The van der Waals surface area contributed by atoms with E-state index in [4.69, 9.17) is 14.2 Å². The molecular formula is C30H33NO5. The Morgan fingerprint density at radius 1 is 0.833 bits per heavy atom. The Balaban J connectivity index is 1.81. The summed E-state index contributed by atoms with van der Waals surface area (Å²) in [5.74, 6) is 0.317. The maximum atomic E-state index is 12.8. The zero-order valence-electron chi connectivity index (χ0n) is 21.5. The molecule has 0 saturated carbocycles. The van der Waals surface area contributed by atoms with Crippen LogP contribution in [0.1, 0.15) is 47.8 Å². The highest BCUT2D eigenvalue weighted by molar-refractivity contribution is 6.06. The molecule has 0 heterocycles. The van der Waals surface area contributed by atoms with Gasteiger partial charge in [-0.05, 0) is 80.6 Å². The molecule has 1 N–H and O–H groups in total. The molecule has 1 amide bonds. The van der Waals surface area contributed by atoms with Gasteiger partial charge in [-0.15, -0.1) is 0 Å². The molecule has 0 unspecified atom stereocenters. The van der Waals surface area contributed by atoms with E-state index in [0.717, 1.165) is 24.0 Å². The summed E-state index contributed by atoms with van der Waals surface area (Å²) in [5.41, 5.74) is 3.06. The van der Waals surface area contributed by atoms with Gasteiger partial charge in [0.25, 0.3) is 0 Å². The van der Waals surface area contributed by atoms with Gasteiger partial charge in [-0.2, -0.15) is 0 Å². The molecule has 0 fully saturated rings. The van der Waals surface area contributed by atoms with Crippen LogP contribution in [0.2, 0.25) is 0 Å². The number of ether oxygens (including phenoxy) is 3. The highest BCUT2D eigenvalue weighted by Gasteiger charge is 2.21. The molecule has 0 radical (unpaired) electrons. The van der Waals surface area contributed by atoms with Crippen molar-refractivity contribution in [1.82, 2.24) is 0 Å². The third-order valence-corrected chi connectivity index (χ3v) is 5.34. The number of hydrogen-bond donors (Lipinski definition) is 1. The van der Waals surface area contributed by atoms with Gasteiger partial charge in [-0.3, -0.25) is 4.79 Å². The van der Waals surface area contributed by atoms with Gasteiger partial charge in [0.05, 0.1) is 25.5 Å². The van der Waals surface area contributed by atoms with Crippen molar-refractivity contribution in [1.29, 1.82) is 0 Å². The molecule has 0 atom stereocenters. The van der Waals surface area contributed by atoms with Crippen molar-refractivity contribution in [3.63, 3.8) is 0 Å². The van der Waals surface area contributed by atoms with Crippen molar-refractivity contribution in [2.24, 2.45) is 0 Å². The zero-order valence-corrected chi connectivity index (χ0v) is 21.5. The Morgan fingerprint density at radius 3 is 2.19 bits per heavy atom. The minimum Gasteiger partial charge on any atom is -0.493 e. The number of carbonyl (C=O) groups is 2. The Hall–Kier alpha value is -4.06. The summed E-state index contributed by atoms with van der Waals surface area (Å²) in [6.07, 6.45) is 4.70. The zero-order chi connectivity index (χ0) is 26.1. The molecule has 188 valence electrons. The molecule has 36 heavy (non-hydrogen) atoms. The van der Waals surface area contributed by atoms with E-state index in [1.165, 1.54) is 11.6 Å². The summed E-state index contributed by atoms with van der Waals surface area (Å²) in [6.45, 7) is 5.43. The summed E-state index contributed by atoms with van der Waals surface area (Å²) in [5, 5.41) is 2.85. The lowest BCUT2D eigenvalue weighted by molar-refractivity contribution is -0.111. The lowest BCUT2D eigenvalue weighted by Crippen LogP contribution is -2.25. The molecule has 0 spiro atoms. The van der Waals surface area contributed by atoms with Gasteiger partial charge in [0.1, 0.15) is 5.60 Å². The Labute approximate surface area is 212 Å². The first-order valence-electron chi connectivity index (χ1n) is 11.8. The first-order chi connectivity index (χ1) is 17.2. The van der Waals surface area contributed by atoms with Gasteiger partial charge in [0.15, 0.2) is 11.5 Å². The van der Waals surface area contributed by atoms with E-state index < -0.39 is 11.6 Å². The first kappa shape index (κ1) is 26.5. The Kier molecular flexibility index (Phi) is 8.90. The fourth-order valence-corrected chi connectivity index (χ4v) is 3.60. The minimum absolute atomic E-state index is 0.307. The molecule has 0 bridgehead atoms. The summed E-state index contributed by atoms with van der Waals surface area (Å²) in [6, 6.07) is 21.0. The lowest BCUT2D eigenvalue weighted by atomic mass is 10.0. The van der Waals surface area contributed by atoms with Crippen LogP contribution in [0.4, 0.5) is 5.69 Å². The number of methoxy groups -OCH3 is 2. The van der Waals surface area contributed by atoms with Gasteiger partial charge in [-0.25, -0.2) is 4.79 Å². The van der Waals surface area contributed by atoms with Crippen molar-refractivity contribution in [2.45, 2.75) is 39.2 Å². The molecule has 0 aliphatic carbocycles. The van der Waals surface area contributed by atoms with E-state index in [0.29, 0.717) is 22.7 Å². The third kappa shape index (κ3) is 7.73. The first-order valence-corrected chi connectivity index (χ1v) is 11.8. The molecule has 0 saturated heterocycles. The second-order valence-corrected chi connectivity index (χ2v) is 9.30. The number of anilines is 1. The number of esters is 1. The van der Waals surface area contributed by atoms with Gasteiger partial charge >= 0.3 is 5.97 Å². The Bertz CT molecular complexity index is 1230. The molecular weight excluding hydrogens is 454 g/mol. The standard InChI is InChI=1S/C30H33NO5/c1-30(2,3)36-29(33)24-16-13-22(12-11-21-9-7-6-8-10-21)19-25(24)31-28(32)18-15-23-14-17-26(34-4)27(20-23)35-5/h6-10,13-20H,11-12H2,1-5H3,(H,31,32). The van der Waals surface area contributed by atoms with Crippen LogP contribution in [-0.2, 0) is 22.4 Å². The van der Waals surface area contributed by atoms with Crippen LogP contribution < -0.4 is 14.8 Å². The lowest BCUT2D eigenvalue weighted by Gasteiger charge is -2.21. The minimum atomic E-state index is -0.655. The fraction of sp³-hybridized carbons (Fsp3) is 0.267. The van der Waals surface area contributed by atoms with Crippen LogP contribution in [0.25, 0.3) is 6.08 Å². The molecule has 6 nitrogen and oxygen atoms in total. The van der Waals surface area contributed by atoms with Crippen LogP contribution in [-0.4, -0.2) is 31.7 Å². The number of carbonyl (C=O) groups excluding carboxylic acids is 2. The van der Waals surface area contributed by atoms with Crippen molar-refractivity contribution in [3.05, 3.63) is 95.1 Å². The Morgan fingerprint density at radius 2 is 1.53 bits per heavy atom. The van der Waals surface area contributed by atoms with E-state index in [9.17, 15) is 9.59 Å². The fourth-order valence-electron chi connectivity index (χ4n) is 3.60. The predicted molar refractivity (Wildman–Crippen MR) is 143 cm³/mol. The summed E-state index contributed by atoms with van der Waals surface area (Å²) in [4.78, 5) is 25.7. The van der Waals surface area contributed by atoms with Crippen LogP contribution in [0.15, 0.2) is 72.8 Å².